The van der Waals surface area contributed by atoms with Crippen molar-refractivity contribution in [2.24, 2.45) is 0 Å². The third-order valence-corrected chi connectivity index (χ3v) is 2.97. The number of benzene rings is 1. The highest BCUT2D eigenvalue weighted by Gasteiger charge is 2.41. The molecule has 1 N–H and O–H groups in total. The van der Waals surface area contributed by atoms with Crippen LogP contribution in [0.5, 0.6) is 11.5 Å². The summed E-state index contributed by atoms with van der Waals surface area (Å²) in [6.07, 6.45) is -2.15. The Labute approximate surface area is 137 Å². The minimum atomic E-state index is -5.19. The van der Waals surface area contributed by atoms with Gasteiger partial charge in [0.2, 0.25) is 11.8 Å². The first-order valence-electron chi connectivity index (χ1n) is 6.71. The van der Waals surface area contributed by atoms with Gasteiger partial charge in [0.15, 0.2) is 11.5 Å². The van der Waals surface area contributed by atoms with E-state index in [1.165, 1.54) is 12.3 Å². The predicted octanol–water partition coefficient (Wildman–Crippen LogP) is 2.97. The zero-order valence-electron chi connectivity index (χ0n) is 12.2. The molecule has 128 valence electrons. The molecule has 2 aromatic heterocycles. The first kappa shape index (κ1) is 16.4. The SMILES string of the molecule is O=C(Oc1cc(-c2nnc(-c3cccnc3)o2)ccc1O)C(F)(F)F. The summed E-state index contributed by atoms with van der Waals surface area (Å²) in [5.41, 5.74) is 0.703. The maximum atomic E-state index is 12.3. The van der Waals surface area contributed by atoms with E-state index in [9.17, 15) is 23.1 Å². The quantitative estimate of drug-likeness (QED) is 0.572. The van der Waals surface area contributed by atoms with Crippen LogP contribution in [0.4, 0.5) is 13.2 Å². The number of rotatable bonds is 3. The maximum Gasteiger partial charge on any atom is 0.491 e. The Balaban J connectivity index is 1.90. The lowest BCUT2D eigenvalue weighted by Crippen LogP contribution is -2.28. The topological polar surface area (TPSA) is 98.3 Å². The van der Waals surface area contributed by atoms with Gasteiger partial charge in [-0.2, -0.15) is 13.2 Å². The first-order valence-corrected chi connectivity index (χ1v) is 6.71. The van der Waals surface area contributed by atoms with Gasteiger partial charge < -0.3 is 14.3 Å². The molecule has 2 heterocycles. The van der Waals surface area contributed by atoms with Crippen LogP contribution in [-0.4, -0.2) is 32.4 Å². The van der Waals surface area contributed by atoms with E-state index in [0.717, 1.165) is 12.1 Å². The predicted molar refractivity (Wildman–Crippen MR) is 76.3 cm³/mol. The van der Waals surface area contributed by atoms with E-state index in [-0.39, 0.29) is 17.3 Å². The molecule has 1 aromatic carbocycles. The van der Waals surface area contributed by atoms with Crippen LogP contribution in [0.25, 0.3) is 22.9 Å². The van der Waals surface area contributed by atoms with Gasteiger partial charge in [-0.3, -0.25) is 4.98 Å². The zero-order chi connectivity index (χ0) is 18.0. The summed E-state index contributed by atoms with van der Waals surface area (Å²) in [5.74, 6) is -3.68. The van der Waals surface area contributed by atoms with Crippen LogP contribution in [0.15, 0.2) is 47.1 Å². The van der Waals surface area contributed by atoms with Crippen LogP contribution < -0.4 is 4.74 Å². The van der Waals surface area contributed by atoms with Gasteiger partial charge in [-0.15, -0.1) is 10.2 Å². The molecular formula is C15H8F3N3O4. The van der Waals surface area contributed by atoms with Crippen molar-refractivity contribution in [1.29, 1.82) is 0 Å². The third-order valence-electron chi connectivity index (χ3n) is 2.97. The van der Waals surface area contributed by atoms with Gasteiger partial charge >= 0.3 is 12.1 Å². The van der Waals surface area contributed by atoms with Gasteiger partial charge in [-0.1, -0.05) is 0 Å². The molecular weight excluding hydrogens is 343 g/mol. The molecule has 0 aliphatic carbocycles. The number of aromatic nitrogens is 3. The highest BCUT2D eigenvalue weighted by molar-refractivity contribution is 5.79. The Hall–Kier alpha value is -3.43. The Kier molecular flexibility index (Phi) is 4.09. The Morgan fingerprint density at radius 1 is 1.12 bits per heavy atom. The molecule has 3 rings (SSSR count). The van der Waals surface area contributed by atoms with Crippen molar-refractivity contribution in [2.45, 2.75) is 6.18 Å². The average molecular weight is 351 g/mol. The lowest BCUT2D eigenvalue weighted by molar-refractivity contribution is -0.189. The van der Waals surface area contributed by atoms with Crippen LogP contribution in [0, 0.1) is 0 Å². The number of esters is 1. The fourth-order valence-corrected chi connectivity index (χ4v) is 1.83. The van der Waals surface area contributed by atoms with Crippen molar-refractivity contribution in [2.75, 3.05) is 0 Å². The van der Waals surface area contributed by atoms with Crippen molar-refractivity contribution >= 4 is 5.97 Å². The monoisotopic (exact) mass is 351 g/mol. The average Bonchev–Trinajstić information content (AvgIpc) is 3.07. The lowest BCUT2D eigenvalue weighted by atomic mass is 10.2. The van der Waals surface area contributed by atoms with Gasteiger partial charge in [0.25, 0.3) is 0 Å². The van der Waals surface area contributed by atoms with Crippen molar-refractivity contribution in [3.63, 3.8) is 0 Å². The Bertz CT molecular complexity index is 910. The summed E-state index contributed by atoms with van der Waals surface area (Å²) >= 11 is 0. The number of carbonyl (C=O) groups excluding carboxylic acids is 1. The number of phenols is 1. The molecule has 0 saturated heterocycles. The smallest absolute Gasteiger partial charge is 0.491 e. The number of aromatic hydroxyl groups is 1. The van der Waals surface area contributed by atoms with Crippen molar-refractivity contribution < 1.29 is 32.2 Å². The van der Waals surface area contributed by atoms with E-state index in [1.807, 2.05) is 0 Å². The first-order chi connectivity index (χ1) is 11.8. The van der Waals surface area contributed by atoms with Crippen molar-refractivity contribution in [3.8, 4) is 34.4 Å². The number of carbonyl (C=O) groups is 1. The molecule has 3 aromatic rings. The Morgan fingerprint density at radius 3 is 2.48 bits per heavy atom. The highest BCUT2D eigenvalue weighted by atomic mass is 19.4. The number of pyridine rings is 1. The van der Waals surface area contributed by atoms with Gasteiger partial charge in [0.05, 0.1) is 5.56 Å². The van der Waals surface area contributed by atoms with Crippen molar-refractivity contribution in [3.05, 3.63) is 42.7 Å². The molecule has 0 aliphatic rings. The third kappa shape index (κ3) is 3.57. The minimum absolute atomic E-state index is 0.0387. The summed E-state index contributed by atoms with van der Waals surface area (Å²) in [6, 6.07) is 6.69. The fourth-order valence-electron chi connectivity index (χ4n) is 1.83. The molecule has 0 aliphatic heterocycles. The van der Waals surface area contributed by atoms with E-state index >= 15 is 0 Å². The summed E-state index contributed by atoms with van der Waals surface area (Å²) in [5, 5.41) is 17.1. The summed E-state index contributed by atoms with van der Waals surface area (Å²) in [6.45, 7) is 0. The molecule has 10 heteroatoms. The number of hydrogen-bond acceptors (Lipinski definition) is 7. The summed E-state index contributed by atoms with van der Waals surface area (Å²) in [7, 11) is 0. The van der Waals surface area contributed by atoms with Crippen LogP contribution in [-0.2, 0) is 4.79 Å². The number of phenolic OH excluding ortho intramolecular Hbond substituents is 1. The van der Waals surface area contributed by atoms with Gasteiger partial charge in [0, 0.05) is 18.0 Å². The second kappa shape index (κ2) is 6.23. The molecule has 0 atom stereocenters. The standard InChI is InChI=1S/C15H8F3N3O4/c16-15(17,18)14(23)24-11-6-8(3-4-10(11)22)12-20-21-13(25-12)9-2-1-5-19-7-9/h1-7,22H. The van der Waals surface area contributed by atoms with E-state index in [2.05, 4.69) is 19.9 Å². The van der Waals surface area contributed by atoms with Gasteiger partial charge in [-0.05, 0) is 30.3 Å². The van der Waals surface area contributed by atoms with E-state index < -0.39 is 23.6 Å². The summed E-state index contributed by atoms with van der Waals surface area (Å²) in [4.78, 5) is 14.8. The normalized spacial score (nSPS) is 11.3. The molecule has 0 saturated carbocycles. The zero-order valence-corrected chi connectivity index (χ0v) is 12.2. The van der Waals surface area contributed by atoms with E-state index in [1.54, 1.807) is 18.3 Å². The van der Waals surface area contributed by atoms with Crippen LogP contribution in [0.3, 0.4) is 0 Å². The minimum Gasteiger partial charge on any atom is -0.504 e. The summed E-state index contributed by atoms with van der Waals surface area (Å²) < 4.78 is 46.4. The highest BCUT2D eigenvalue weighted by Crippen LogP contribution is 2.33. The second-order valence-corrected chi connectivity index (χ2v) is 4.72. The molecule has 0 amide bonds. The number of nitrogens with zero attached hydrogens (tertiary/aromatic N) is 3. The maximum absolute atomic E-state index is 12.3. The van der Waals surface area contributed by atoms with Gasteiger partial charge in [0.1, 0.15) is 0 Å². The molecule has 7 nitrogen and oxygen atoms in total. The lowest BCUT2D eigenvalue weighted by Gasteiger charge is -2.08. The van der Waals surface area contributed by atoms with E-state index in [4.69, 9.17) is 4.42 Å². The largest absolute Gasteiger partial charge is 0.504 e. The van der Waals surface area contributed by atoms with Crippen LogP contribution in [0.1, 0.15) is 0 Å². The molecule has 25 heavy (non-hydrogen) atoms. The Morgan fingerprint density at radius 2 is 1.84 bits per heavy atom. The second-order valence-electron chi connectivity index (χ2n) is 4.72. The van der Waals surface area contributed by atoms with Crippen LogP contribution in [0.2, 0.25) is 0 Å². The van der Waals surface area contributed by atoms with Crippen LogP contribution >= 0.6 is 0 Å². The molecule has 0 fully saturated rings. The number of hydrogen-bond donors (Lipinski definition) is 1. The number of ether oxygens (including phenoxy) is 1. The molecule has 0 radical (unpaired) electrons. The molecule has 0 bridgehead atoms. The number of halogens is 3. The molecule has 0 unspecified atom stereocenters. The fraction of sp³-hybridized carbons (Fsp3) is 0.0667. The number of alkyl halides is 3. The van der Waals surface area contributed by atoms with E-state index in [0.29, 0.717) is 5.56 Å². The van der Waals surface area contributed by atoms with Gasteiger partial charge in [-0.25, -0.2) is 4.79 Å². The molecule has 0 spiro atoms. The van der Waals surface area contributed by atoms with Crippen molar-refractivity contribution in [1.82, 2.24) is 15.2 Å².